The molecule has 1 aromatic heterocycles. The van der Waals surface area contributed by atoms with Gasteiger partial charge in [-0.05, 0) is 24.6 Å². The summed E-state index contributed by atoms with van der Waals surface area (Å²) in [7, 11) is -1.55. The van der Waals surface area contributed by atoms with Crippen molar-refractivity contribution in [2.45, 2.75) is 30.4 Å². The number of halogens is 1. The van der Waals surface area contributed by atoms with Crippen LogP contribution in [0.15, 0.2) is 16.3 Å². The zero-order valence-corrected chi connectivity index (χ0v) is 13.6. The second kappa shape index (κ2) is 6.86. The van der Waals surface area contributed by atoms with Crippen molar-refractivity contribution in [2.24, 2.45) is 0 Å². The monoisotopic (exact) mass is 312 g/mol. The first-order valence-electron chi connectivity index (χ1n) is 5.52. The smallest absolute Gasteiger partial charge is 0.250 e. The van der Waals surface area contributed by atoms with Crippen LogP contribution in [0.3, 0.4) is 0 Å². The summed E-state index contributed by atoms with van der Waals surface area (Å²) in [5, 5.41) is 2.90. The van der Waals surface area contributed by atoms with E-state index in [1.807, 2.05) is 6.07 Å². The minimum absolute atomic E-state index is 0. The first-order valence-corrected chi connectivity index (χ1v) is 7.82. The van der Waals surface area contributed by atoms with E-state index in [9.17, 15) is 8.42 Å². The molecule has 0 aliphatic rings. The van der Waals surface area contributed by atoms with Gasteiger partial charge in [0.1, 0.15) is 4.21 Å². The van der Waals surface area contributed by atoms with Crippen molar-refractivity contribution in [3.05, 3.63) is 17.0 Å². The van der Waals surface area contributed by atoms with Gasteiger partial charge in [0.2, 0.25) is 10.0 Å². The lowest BCUT2D eigenvalue weighted by atomic mass is 9.95. The predicted molar refractivity (Wildman–Crippen MR) is 79.4 cm³/mol. The number of nitrogens with one attached hydrogen (secondary N) is 2. The Morgan fingerprint density at radius 2 is 1.83 bits per heavy atom. The number of rotatable bonds is 5. The third-order valence-electron chi connectivity index (χ3n) is 2.25. The molecule has 1 rings (SSSR count). The van der Waals surface area contributed by atoms with E-state index >= 15 is 0 Å². The number of sulfonamides is 1. The fourth-order valence-electron chi connectivity index (χ4n) is 1.25. The van der Waals surface area contributed by atoms with Crippen molar-refractivity contribution in [1.82, 2.24) is 10.0 Å². The van der Waals surface area contributed by atoms with Gasteiger partial charge in [0, 0.05) is 18.0 Å². The molecule has 106 valence electrons. The molecule has 1 heterocycles. The van der Waals surface area contributed by atoms with Gasteiger partial charge in [0.05, 0.1) is 0 Å². The van der Waals surface area contributed by atoms with E-state index in [2.05, 4.69) is 30.8 Å². The lowest BCUT2D eigenvalue weighted by Gasteiger charge is -2.15. The van der Waals surface area contributed by atoms with Crippen LogP contribution in [0.25, 0.3) is 0 Å². The molecule has 1 aromatic rings. The molecule has 0 fully saturated rings. The standard InChI is InChI=1S/C11H20N2O2S2.ClH/c1-11(2,3)9-5-6-10(16-9)17(14,15)13-8-7-12-4;/h5-6,12-13H,7-8H2,1-4H3;1H. The Morgan fingerprint density at radius 1 is 1.22 bits per heavy atom. The van der Waals surface area contributed by atoms with Crippen LogP contribution >= 0.6 is 23.7 Å². The van der Waals surface area contributed by atoms with Crippen LogP contribution in [0.1, 0.15) is 25.6 Å². The minimum atomic E-state index is -3.34. The molecule has 0 amide bonds. The normalized spacial score (nSPS) is 12.2. The van der Waals surface area contributed by atoms with Crippen molar-refractivity contribution in [3.8, 4) is 0 Å². The molecule has 2 N–H and O–H groups in total. The third kappa shape index (κ3) is 4.85. The quantitative estimate of drug-likeness (QED) is 0.817. The summed E-state index contributed by atoms with van der Waals surface area (Å²) >= 11 is 1.33. The number of likely N-dealkylation sites (N-methyl/N-ethyl adjacent to an activating group) is 1. The highest BCUT2D eigenvalue weighted by Gasteiger charge is 2.21. The molecule has 0 saturated carbocycles. The number of thiophene rings is 1. The maximum atomic E-state index is 11.9. The van der Waals surface area contributed by atoms with E-state index < -0.39 is 10.0 Å². The van der Waals surface area contributed by atoms with Gasteiger partial charge in [-0.2, -0.15) is 0 Å². The topological polar surface area (TPSA) is 58.2 Å². The maximum Gasteiger partial charge on any atom is 0.250 e. The Balaban J connectivity index is 0.00000289. The fourth-order valence-corrected chi connectivity index (χ4v) is 3.69. The summed E-state index contributed by atoms with van der Waals surface area (Å²) in [6.07, 6.45) is 0. The first kappa shape index (κ1) is 17.9. The van der Waals surface area contributed by atoms with Crippen LogP contribution in [-0.2, 0) is 15.4 Å². The van der Waals surface area contributed by atoms with Crippen LogP contribution in [0, 0.1) is 0 Å². The molecule has 7 heteroatoms. The van der Waals surface area contributed by atoms with Gasteiger partial charge in [-0.3, -0.25) is 0 Å². The molecule has 0 radical (unpaired) electrons. The Morgan fingerprint density at radius 3 is 2.28 bits per heavy atom. The van der Waals surface area contributed by atoms with Gasteiger partial charge in [-0.15, -0.1) is 23.7 Å². The lowest BCUT2D eigenvalue weighted by molar-refractivity contribution is 0.581. The summed E-state index contributed by atoms with van der Waals surface area (Å²) in [6.45, 7) is 7.25. The molecule has 4 nitrogen and oxygen atoms in total. The highest BCUT2D eigenvalue weighted by Crippen LogP contribution is 2.31. The summed E-state index contributed by atoms with van der Waals surface area (Å²) in [4.78, 5) is 1.08. The van der Waals surface area contributed by atoms with E-state index in [-0.39, 0.29) is 17.8 Å². The van der Waals surface area contributed by atoms with Crippen molar-refractivity contribution in [1.29, 1.82) is 0 Å². The average molecular weight is 313 g/mol. The van der Waals surface area contributed by atoms with E-state index in [1.165, 1.54) is 11.3 Å². The number of hydrogen-bond acceptors (Lipinski definition) is 4. The molecular formula is C11H21ClN2O2S2. The second-order valence-electron chi connectivity index (χ2n) is 4.87. The fraction of sp³-hybridized carbons (Fsp3) is 0.636. The lowest BCUT2D eigenvalue weighted by Crippen LogP contribution is -2.30. The van der Waals surface area contributed by atoms with Crippen molar-refractivity contribution in [2.75, 3.05) is 20.1 Å². The molecule has 0 bridgehead atoms. The first-order chi connectivity index (χ1) is 7.77. The van der Waals surface area contributed by atoms with Crippen molar-refractivity contribution >= 4 is 33.8 Å². The maximum absolute atomic E-state index is 11.9. The van der Waals surface area contributed by atoms with Crippen molar-refractivity contribution < 1.29 is 8.42 Å². The molecule has 0 atom stereocenters. The molecular weight excluding hydrogens is 292 g/mol. The summed E-state index contributed by atoms with van der Waals surface area (Å²) in [5.41, 5.74) is -0.0105. The second-order valence-corrected chi connectivity index (χ2v) is 7.95. The van der Waals surface area contributed by atoms with Gasteiger partial charge < -0.3 is 5.32 Å². The van der Waals surface area contributed by atoms with Crippen LogP contribution in [0.4, 0.5) is 0 Å². The zero-order valence-electron chi connectivity index (χ0n) is 11.1. The summed E-state index contributed by atoms with van der Waals surface area (Å²) < 4.78 is 26.8. The number of hydrogen-bond donors (Lipinski definition) is 2. The largest absolute Gasteiger partial charge is 0.318 e. The van der Waals surface area contributed by atoms with Crippen LogP contribution < -0.4 is 10.0 Å². The Hall–Kier alpha value is -0.140. The van der Waals surface area contributed by atoms with Crippen LogP contribution in [0.2, 0.25) is 0 Å². The minimum Gasteiger partial charge on any atom is -0.318 e. The van der Waals surface area contributed by atoms with E-state index in [0.717, 1.165) is 4.88 Å². The predicted octanol–water partition coefficient (Wildman–Crippen LogP) is 1.97. The average Bonchev–Trinajstić information content (AvgIpc) is 2.66. The van der Waals surface area contributed by atoms with Gasteiger partial charge >= 0.3 is 0 Å². The van der Waals surface area contributed by atoms with Crippen LogP contribution in [-0.4, -0.2) is 28.6 Å². The Bertz CT molecular complexity index is 464. The molecule has 18 heavy (non-hydrogen) atoms. The van der Waals surface area contributed by atoms with E-state index in [0.29, 0.717) is 17.3 Å². The van der Waals surface area contributed by atoms with Gasteiger partial charge in [-0.1, -0.05) is 20.8 Å². The Labute approximate surface area is 120 Å². The zero-order chi connectivity index (χ0) is 13.1. The Kier molecular flexibility index (Phi) is 6.81. The molecule has 0 aromatic carbocycles. The molecule has 0 spiro atoms. The third-order valence-corrected chi connectivity index (χ3v) is 5.72. The molecule has 0 unspecified atom stereocenters. The highest BCUT2D eigenvalue weighted by atomic mass is 35.5. The SMILES string of the molecule is CNCCNS(=O)(=O)c1ccc(C(C)(C)C)s1.Cl. The molecule has 0 saturated heterocycles. The van der Waals surface area contributed by atoms with E-state index in [1.54, 1.807) is 13.1 Å². The van der Waals surface area contributed by atoms with Gasteiger partial charge in [-0.25, -0.2) is 13.1 Å². The summed E-state index contributed by atoms with van der Waals surface area (Å²) in [6, 6.07) is 3.56. The van der Waals surface area contributed by atoms with Crippen LogP contribution in [0.5, 0.6) is 0 Å². The van der Waals surface area contributed by atoms with E-state index in [4.69, 9.17) is 0 Å². The molecule has 0 aliphatic heterocycles. The van der Waals surface area contributed by atoms with Gasteiger partial charge in [0.25, 0.3) is 0 Å². The molecule has 0 aliphatic carbocycles. The summed E-state index contributed by atoms with van der Waals surface area (Å²) in [5.74, 6) is 0. The van der Waals surface area contributed by atoms with Crippen molar-refractivity contribution in [3.63, 3.8) is 0 Å². The highest BCUT2D eigenvalue weighted by molar-refractivity contribution is 7.91. The van der Waals surface area contributed by atoms with Gasteiger partial charge in [0.15, 0.2) is 0 Å².